The molecule has 2 aromatic rings. The maximum absolute atomic E-state index is 5.93. The zero-order valence-corrected chi connectivity index (χ0v) is 8.92. The van der Waals surface area contributed by atoms with Crippen molar-refractivity contribution in [1.82, 2.24) is 14.6 Å². The smallest absolute Gasteiger partial charge is 0.111 e. The monoisotopic (exact) mass is 190 g/mol. The number of anilines is 1. The Labute approximate surface area is 82.8 Å². The molecule has 0 unspecified atom stereocenters. The number of nitrogens with zero attached hydrogens (tertiary/aromatic N) is 3. The van der Waals surface area contributed by atoms with Crippen molar-refractivity contribution in [2.24, 2.45) is 0 Å². The molecule has 4 nitrogen and oxygen atoms in total. The first-order chi connectivity index (χ1) is 6.52. The van der Waals surface area contributed by atoms with Gasteiger partial charge in [0.05, 0.1) is 28.5 Å². The molecule has 4 heteroatoms. The van der Waals surface area contributed by atoms with Gasteiger partial charge in [0.2, 0.25) is 0 Å². The van der Waals surface area contributed by atoms with E-state index in [9.17, 15) is 0 Å². The minimum absolute atomic E-state index is 0.734. The van der Waals surface area contributed by atoms with Gasteiger partial charge in [0.1, 0.15) is 5.52 Å². The number of hydrogen-bond acceptors (Lipinski definition) is 3. The SMILES string of the molecule is Cc1nn2c(C)c(C)nc(C)c2c1N. The van der Waals surface area contributed by atoms with Crippen molar-refractivity contribution in [2.45, 2.75) is 27.7 Å². The van der Waals surface area contributed by atoms with Crippen LogP contribution in [0.25, 0.3) is 5.52 Å². The molecule has 0 saturated carbocycles. The minimum atomic E-state index is 0.734. The summed E-state index contributed by atoms with van der Waals surface area (Å²) in [5.74, 6) is 0. The van der Waals surface area contributed by atoms with E-state index < -0.39 is 0 Å². The third-order valence-corrected chi connectivity index (χ3v) is 2.63. The van der Waals surface area contributed by atoms with Crippen molar-refractivity contribution in [3.63, 3.8) is 0 Å². The number of aromatic nitrogens is 3. The molecule has 0 saturated heterocycles. The highest BCUT2D eigenvalue weighted by Gasteiger charge is 2.12. The largest absolute Gasteiger partial charge is 0.395 e. The van der Waals surface area contributed by atoms with Crippen LogP contribution in [0.15, 0.2) is 0 Å². The van der Waals surface area contributed by atoms with Gasteiger partial charge in [0, 0.05) is 0 Å². The van der Waals surface area contributed by atoms with Crippen molar-refractivity contribution >= 4 is 11.2 Å². The summed E-state index contributed by atoms with van der Waals surface area (Å²) in [6, 6.07) is 0. The van der Waals surface area contributed by atoms with Crippen LogP contribution in [0.4, 0.5) is 5.69 Å². The summed E-state index contributed by atoms with van der Waals surface area (Å²) in [5, 5.41) is 4.39. The Morgan fingerprint density at radius 3 is 2.29 bits per heavy atom. The summed E-state index contributed by atoms with van der Waals surface area (Å²) < 4.78 is 1.88. The summed E-state index contributed by atoms with van der Waals surface area (Å²) in [5.41, 5.74) is 11.4. The lowest BCUT2D eigenvalue weighted by atomic mass is 10.2. The average Bonchev–Trinajstić information content (AvgIpc) is 2.40. The van der Waals surface area contributed by atoms with Crippen molar-refractivity contribution in [3.8, 4) is 0 Å². The van der Waals surface area contributed by atoms with Gasteiger partial charge >= 0.3 is 0 Å². The van der Waals surface area contributed by atoms with Crippen LogP contribution in [0.5, 0.6) is 0 Å². The van der Waals surface area contributed by atoms with Crippen LogP contribution in [-0.4, -0.2) is 14.6 Å². The highest BCUT2D eigenvalue weighted by atomic mass is 15.3. The minimum Gasteiger partial charge on any atom is -0.395 e. The Kier molecular flexibility index (Phi) is 1.74. The second-order valence-corrected chi connectivity index (χ2v) is 3.63. The number of nitrogen functional groups attached to an aromatic ring is 1. The van der Waals surface area contributed by atoms with Crippen LogP contribution in [-0.2, 0) is 0 Å². The molecule has 0 atom stereocenters. The van der Waals surface area contributed by atoms with E-state index in [0.29, 0.717) is 0 Å². The van der Waals surface area contributed by atoms with Gasteiger partial charge in [0.25, 0.3) is 0 Å². The molecule has 0 spiro atoms. The van der Waals surface area contributed by atoms with E-state index in [0.717, 1.165) is 34.0 Å². The highest BCUT2D eigenvalue weighted by molar-refractivity contribution is 5.74. The molecule has 0 radical (unpaired) electrons. The Morgan fingerprint density at radius 2 is 1.64 bits per heavy atom. The molecule has 0 amide bonds. The van der Waals surface area contributed by atoms with Gasteiger partial charge in [-0.15, -0.1) is 0 Å². The van der Waals surface area contributed by atoms with E-state index in [4.69, 9.17) is 5.73 Å². The van der Waals surface area contributed by atoms with Crippen LogP contribution >= 0.6 is 0 Å². The highest BCUT2D eigenvalue weighted by Crippen LogP contribution is 2.22. The first-order valence-electron chi connectivity index (χ1n) is 4.61. The summed E-state index contributed by atoms with van der Waals surface area (Å²) in [4.78, 5) is 4.43. The predicted molar refractivity (Wildman–Crippen MR) is 56.3 cm³/mol. The zero-order valence-electron chi connectivity index (χ0n) is 8.92. The maximum atomic E-state index is 5.93. The van der Waals surface area contributed by atoms with Crippen molar-refractivity contribution in [1.29, 1.82) is 0 Å². The van der Waals surface area contributed by atoms with Crippen molar-refractivity contribution < 1.29 is 0 Å². The molecule has 0 aliphatic rings. The summed E-state index contributed by atoms with van der Waals surface area (Å²) in [6.07, 6.45) is 0. The fourth-order valence-corrected chi connectivity index (χ4v) is 1.67. The molecule has 2 N–H and O–H groups in total. The van der Waals surface area contributed by atoms with Gasteiger partial charge in [-0.2, -0.15) is 5.10 Å². The van der Waals surface area contributed by atoms with Gasteiger partial charge in [-0.25, -0.2) is 4.52 Å². The molecule has 0 aliphatic heterocycles. The van der Waals surface area contributed by atoms with Crippen molar-refractivity contribution in [2.75, 3.05) is 5.73 Å². The molecule has 2 aromatic heterocycles. The molecular weight excluding hydrogens is 176 g/mol. The number of hydrogen-bond donors (Lipinski definition) is 1. The van der Waals surface area contributed by atoms with Crippen molar-refractivity contribution in [3.05, 3.63) is 22.8 Å². The molecule has 0 fully saturated rings. The fourth-order valence-electron chi connectivity index (χ4n) is 1.67. The third-order valence-electron chi connectivity index (χ3n) is 2.63. The average molecular weight is 190 g/mol. The molecule has 74 valence electrons. The summed E-state index contributed by atoms with van der Waals surface area (Å²) in [6.45, 7) is 7.85. The van der Waals surface area contributed by atoms with E-state index in [1.807, 2.05) is 32.2 Å². The number of nitrogens with two attached hydrogens (primary N) is 1. The molecule has 0 aromatic carbocycles. The Morgan fingerprint density at radius 1 is 1.00 bits per heavy atom. The normalized spacial score (nSPS) is 11.1. The van der Waals surface area contributed by atoms with Crippen LogP contribution in [0.2, 0.25) is 0 Å². The zero-order chi connectivity index (χ0) is 10.5. The lowest BCUT2D eigenvalue weighted by Gasteiger charge is -2.05. The number of rotatable bonds is 0. The predicted octanol–water partition coefficient (Wildman–Crippen LogP) is 1.55. The second kappa shape index (κ2) is 2.70. The molecular formula is C10H14N4. The lowest BCUT2D eigenvalue weighted by Crippen LogP contribution is -2.02. The summed E-state index contributed by atoms with van der Waals surface area (Å²) >= 11 is 0. The van der Waals surface area contributed by atoms with E-state index in [1.54, 1.807) is 0 Å². The van der Waals surface area contributed by atoms with E-state index in [2.05, 4.69) is 10.1 Å². The lowest BCUT2D eigenvalue weighted by molar-refractivity contribution is 0.853. The van der Waals surface area contributed by atoms with Gasteiger partial charge in [-0.3, -0.25) is 4.98 Å². The molecule has 2 heterocycles. The van der Waals surface area contributed by atoms with Crippen LogP contribution in [0, 0.1) is 27.7 Å². The van der Waals surface area contributed by atoms with Crippen LogP contribution in [0.1, 0.15) is 22.8 Å². The third kappa shape index (κ3) is 0.999. The maximum Gasteiger partial charge on any atom is 0.111 e. The van der Waals surface area contributed by atoms with Gasteiger partial charge in [-0.1, -0.05) is 0 Å². The van der Waals surface area contributed by atoms with Crippen LogP contribution < -0.4 is 5.73 Å². The second-order valence-electron chi connectivity index (χ2n) is 3.63. The quantitative estimate of drug-likeness (QED) is 0.685. The topological polar surface area (TPSA) is 56.2 Å². The molecule has 0 aliphatic carbocycles. The molecule has 0 bridgehead atoms. The molecule has 14 heavy (non-hydrogen) atoms. The number of aryl methyl sites for hydroxylation is 4. The van der Waals surface area contributed by atoms with E-state index in [-0.39, 0.29) is 0 Å². The van der Waals surface area contributed by atoms with Crippen LogP contribution in [0.3, 0.4) is 0 Å². The Hall–Kier alpha value is -1.58. The van der Waals surface area contributed by atoms with Gasteiger partial charge in [-0.05, 0) is 27.7 Å². The van der Waals surface area contributed by atoms with E-state index >= 15 is 0 Å². The Balaban J connectivity index is 3.02. The fraction of sp³-hybridized carbons (Fsp3) is 0.400. The standard InChI is InChI=1S/C10H14N4/c1-5-8(4)14-10(7(3)12-5)9(11)6(2)13-14/h11H2,1-4H3. The van der Waals surface area contributed by atoms with E-state index in [1.165, 1.54) is 0 Å². The summed E-state index contributed by atoms with van der Waals surface area (Å²) in [7, 11) is 0. The number of fused-ring (bicyclic) bond motifs is 1. The van der Waals surface area contributed by atoms with Gasteiger partial charge < -0.3 is 5.73 Å². The Bertz CT molecular complexity index is 511. The van der Waals surface area contributed by atoms with Gasteiger partial charge in [0.15, 0.2) is 0 Å². The first-order valence-corrected chi connectivity index (χ1v) is 4.61. The first kappa shape index (κ1) is 8.99. The molecule has 2 rings (SSSR count).